The highest BCUT2D eigenvalue weighted by Gasteiger charge is 2.48. The molecule has 3 saturated heterocycles. The summed E-state index contributed by atoms with van der Waals surface area (Å²) in [5.74, 6) is -11.5. The van der Waals surface area contributed by atoms with Crippen LogP contribution in [0.5, 0.6) is 5.75 Å². The van der Waals surface area contributed by atoms with Crippen molar-refractivity contribution in [2.24, 2.45) is 41.4 Å². The second kappa shape index (κ2) is 39.6. The number of carboxylic acid groups (broad SMARTS) is 1. The number of benzene rings is 1. The summed E-state index contributed by atoms with van der Waals surface area (Å²) < 4.78 is 29.1. The van der Waals surface area contributed by atoms with E-state index in [1.54, 1.807) is 23.8 Å². The predicted octanol–water partition coefficient (Wildman–Crippen LogP) is 4.02. The standard InChI is InChI=1S/C69H106N8O19S2/c1-15-39(6)60(76(12)68(89)45(37(2)3)34-51(81)59(38(4)5)75(10)11)53(92-13)35-55(83)77-25-16-18-47(77)61(93-14)41(8)49(79)33-44(69(90)91)31-43-20-21-52-46(32-43)72-64(85)40(7)30-50(80)42(9)71-54(82)22-27-94-26-17-19-48(78)57-58(65(86)70-24-29-95-28-23-56(84)96-52)74-67(88)63-62(66(87)73-57)97-36-98-63/h20-21,32,37-42,44-45,47,53,57-63H,15-19,22-31,33-36H2,1-14H3,(H,70,86)(H,71,82)(H,72,85)(H,73,87)(H,74,88)(H,90,91)/t39-,40+,41-,42-,44+,45-,47-,53+,57?,58?,59-,60-,61+,62?,63?/m0/s1. The molecule has 1 aromatic rings. The maximum absolute atomic E-state index is 14.6. The Hall–Kier alpha value is -6.37. The Balaban J connectivity index is 1.31. The number of nitrogens with zero attached hydrogens (tertiary/aromatic N) is 3. The number of likely N-dealkylation sites (N-methyl/N-ethyl adjacent to an activating group) is 2. The van der Waals surface area contributed by atoms with Crippen LogP contribution in [0.4, 0.5) is 5.69 Å². The number of thioether (sulfide) groups is 2. The molecule has 29 heteroatoms. The van der Waals surface area contributed by atoms with Crippen LogP contribution < -0.4 is 31.3 Å². The number of Topliss-reactive ketones (excluding diaryl/α,β-unsaturated/α-hetero) is 4. The molecule has 548 valence electrons. The largest absolute Gasteiger partial charge is 0.481 e. The number of amides is 7. The lowest BCUT2D eigenvalue weighted by Gasteiger charge is -2.41. The van der Waals surface area contributed by atoms with Crippen LogP contribution >= 0.6 is 23.5 Å². The quantitative estimate of drug-likeness (QED) is 0.0665. The molecule has 15 atom stereocenters. The molecule has 98 heavy (non-hydrogen) atoms. The maximum atomic E-state index is 14.6. The smallest absolute Gasteiger partial charge is 0.313 e. The van der Waals surface area contributed by atoms with E-state index in [1.165, 1.54) is 69.8 Å². The normalized spacial score (nSPS) is 25.1. The number of hydrogen-bond acceptors (Lipinski definition) is 21. The number of anilines is 1. The Morgan fingerprint density at radius 3 is 2.00 bits per heavy atom. The van der Waals surface area contributed by atoms with Crippen LogP contribution in [0.25, 0.3) is 0 Å². The van der Waals surface area contributed by atoms with Gasteiger partial charge in [0.25, 0.3) is 0 Å². The Morgan fingerprint density at radius 2 is 1.39 bits per heavy atom. The number of nitrogens with one attached hydrogen (secondary N) is 5. The lowest BCUT2D eigenvalue weighted by atomic mass is 9.83. The average Bonchev–Trinajstić information content (AvgIpc) is 1.41. The van der Waals surface area contributed by atoms with Gasteiger partial charge in [-0.15, -0.1) is 23.5 Å². The number of carbonyl (C=O) groups is 13. The molecule has 0 radical (unpaired) electrons. The van der Waals surface area contributed by atoms with Gasteiger partial charge >= 0.3 is 11.9 Å². The second-order valence-electron chi connectivity index (χ2n) is 27.2. The van der Waals surface area contributed by atoms with Gasteiger partial charge in [0.05, 0.1) is 80.6 Å². The Labute approximate surface area is 584 Å². The third-order valence-electron chi connectivity index (χ3n) is 19.1. The third kappa shape index (κ3) is 23.1. The van der Waals surface area contributed by atoms with Gasteiger partial charge in [-0.05, 0) is 82.2 Å². The first-order chi connectivity index (χ1) is 46.3. The Kier molecular flexibility index (Phi) is 33.2. The van der Waals surface area contributed by atoms with Gasteiger partial charge in [-0.3, -0.25) is 67.2 Å². The van der Waals surface area contributed by atoms with Crippen molar-refractivity contribution in [2.45, 2.75) is 198 Å². The van der Waals surface area contributed by atoms with Gasteiger partial charge in [0.15, 0.2) is 23.1 Å². The van der Waals surface area contributed by atoms with E-state index in [0.29, 0.717) is 36.5 Å². The minimum absolute atomic E-state index is 0.0180. The van der Waals surface area contributed by atoms with E-state index in [0.717, 1.165) is 0 Å². The lowest BCUT2D eigenvalue weighted by Crippen LogP contribution is -2.66. The van der Waals surface area contributed by atoms with Gasteiger partial charge in [0.1, 0.15) is 28.4 Å². The Morgan fingerprint density at radius 1 is 0.735 bits per heavy atom. The summed E-state index contributed by atoms with van der Waals surface area (Å²) in [4.78, 5) is 184. The molecule has 3 fully saturated rings. The summed E-state index contributed by atoms with van der Waals surface area (Å²) in [7, 11) is 8.35. The number of carbonyl (C=O) groups excluding carboxylic acids is 12. The molecular formula is C69H106N8O19S2. The van der Waals surface area contributed by atoms with Crippen molar-refractivity contribution in [3.05, 3.63) is 23.8 Å². The van der Waals surface area contributed by atoms with Crippen LogP contribution in [0.15, 0.2) is 18.2 Å². The van der Waals surface area contributed by atoms with Crippen LogP contribution in [0.2, 0.25) is 0 Å². The minimum atomic E-state index is -1.48. The molecule has 0 aliphatic carbocycles. The summed E-state index contributed by atoms with van der Waals surface area (Å²) in [6.45, 7) is 16.2. The van der Waals surface area contributed by atoms with Gasteiger partial charge in [-0.25, -0.2) is 0 Å². The van der Waals surface area contributed by atoms with Crippen LogP contribution in [-0.4, -0.2) is 235 Å². The van der Waals surface area contributed by atoms with E-state index in [9.17, 15) is 67.4 Å². The van der Waals surface area contributed by atoms with Gasteiger partial charge < -0.3 is 65.2 Å². The highest BCUT2D eigenvalue weighted by Crippen LogP contribution is 2.38. The first-order valence-electron chi connectivity index (χ1n) is 34.2. The molecule has 0 aromatic heterocycles. The van der Waals surface area contributed by atoms with E-state index in [4.69, 9.17) is 23.7 Å². The highest BCUT2D eigenvalue weighted by molar-refractivity contribution is 8.20. The van der Waals surface area contributed by atoms with Crippen molar-refractivity contribution in [2.75, 3.05) is 85.3 Å². The summed E-state index contributed by atoms with van der Waals surface area (Å²) in [6, 6.07) is -1.21. The van der Waals surface area contributed by atoms with E-state index in [-0.39, 0.29) is 137 Å². The molecular weight excluding hydrogens is 1310 g/mol. The zero-order valence-electron chi connectivity index (χ0n) is 59.4. The molecule has 0 saturated carbocycles. The van der Waals surface area contributed by atoms with Crippen molar-refractivity contribution in [3.8, 4) is 5.75 Å². The summed E-state index contributed by atoms with van der Waals surface area (Å²) >= 11 is 2.50. The third-order valence-corrected chi connectivity index (χ3v) is 22.0. The molecule has 1 aromatic carbocycles. The first kappa shape index (κ1) is 82.3. The lowest BCUT2D eigenvalue weighted by molar-refractivity contribution is -0.149. The fourth-order valence-electron chi connectivity index (χ4n) is 13.3. The average molecular weight is 1420 g/mol. The van der Waals surface area contributed by atoms with Crippen molar-refractivity contribution in [1.29, 1.82) is 0 Å². The van der Waals surface area contributed by atoms with Crippen molar-refractivity contribution in [3.63, 3.8) is 0 Å². The summed E-state index contributed by atoms with van der Waals surface area (Å²) in [5, 5.41) is 22.8. The number of likely N-dealkylation sites (tertiary alicyclic amines) is 1. The van der Waals surface area contributed by atoms with Gasteiger partial charge in [-0.1, -0.05) is 67.9 Å². The molecule has 6 N–H and O–H groups in total. The number of esters is 1. The number of rotatable bonds is 23. The van der Waals surface area contributed by atoms with E-state index >= 15 is 0 Å². The number of aliphatic carboxylic acids is 1. The second-order valence-corrected chi connectivity index (χ2v) is 29.8. The van der Waals surface area contributed by atoms with E-state index < -0.39 is 142 Å². The minimum Gasteiger partial charge on any atom is -0.481 e. The molecule has 0 spiro atoms. The van der Waals surface area contributed by atoms with Crippen molar-refractivity contribution >= 4 is 106 Å². The summed E-state index contributed by atoms with van der Waals surface area (Å²) in [5.41, 5.74) is 0.244. The van der Waals surface area contributed by atoms with Gasteiger partial charge in [0, 0.05) is 95.9 Å². The number of hydrogen-bond donors (Lipinski definition) is 6. The van der Waals surface area contributed by atoms with Crippen LogP contribution in [-0.2, 0) is 87.7 Å². The zero-order valence-corrected chi connectivity index (χ0v) is 61.1. The summed E-state index contributed by atoms with van der Waals surface area (Å²) in [6.07, 6.45) is -1.47. The fourth-order valence-corrected chi connectivity index (χ4v) is 16.3. The van der Waals surface area contributed by atoms with Crippen LogP contribution in [0.1, 0.15) is 139 Å². The molecule has 7 amide bonds. The monoisotopic (exact) mass is 1410 g/mol. The number of fused-ring (bicyclic) bond motifs is 3. The number of carboxylic acids is 1. The molecule has 4 aliphatic rings. The number of ether oxygens (including phenoxy) is 5. The van der Waals surface area contributed by atoms with Gasteiger partial charge in [-0.2, -0.15) is 0 Å². The SMILES string of the molecule is CC[C@H](C)[C@@H]([C@@H](CC(=O)N1CCC[C@H]1[C@H](OC)[C@@H](C)C(=O)C[C@@H](Cc1ccc2c(c1)NC(=O)[C@H](C)CC(=O)[C@H](C)NC(=O)CCOCCCC(=O)C1NC(=O)C3SCSC3C(=O)NC1C(=O)NCCOCCC(=O)O2)C(=O)O)OC)N(C)C(=O)[C@@H](CC(=O)[C@H](C(C)C)N(C)C)C(C)C. The molecule has 27 nitrogen and oxygen atoms in total. The Bertz CT molecular complexity index is 2980. The van der Waals surface area contributed by atoms with Crippen LogP contribution in [0.3, 0.4) is 0 Å². The van der Waals surface area contributed by atoms with Crippen molar-refractivity contribution in [1.82, 2.24) is 36.0 Å². The van der Waals surface area contributed by atoms with E-state index in [2.05, 4.69) is 26.6 Å². The zero-order chi connectivity index (χ0) is 72.8. The van der Waals surface area contributed by atoms with E-state index in [1.807, 2.05) is 60.5 Å². The maximum Gasteiger partial charge on any atom is 0.313 e. The molecule has 4 heterocycles. The highest BCUT2D eigenvalue weighted by atomic mass is 32.2. The predicted molar refractivity (Wildman–Crippen MR) is 368 cm³/mol. The topological polar surface area (TPSA) is 358 Å². The van der Waals surface area contributed by atoms with Gasteiger partial charge in [0.2, 0.25) is 41.4 Å². The van der Waals surface area contributed by atoms with Crippen LogP contribution in [0, 0.1) is 41.4 Å². The molecule has 0 bridgehead atoms. The number of methoxy groups -OCH3 is 2. The molecule has 4 unspecified atom stereocenters. The number of ketones is 4. The fraction of sp³-hybridized carbons (Fsp3) is 0.725. The molecule has 4 aliphatic heterocycles. The first-order valence-corrected chi connectivity index (χ1v) is 36.3. The molecule has 5 rings (SSSR count). The van der Waals surface area contributed by atoms with Crippen molar-refractivity contribution < 1.29 is 91.1 Å².